The molecule has 2 heterocycles. The number of benzene rings is 1. The van der Waals surface area contributed by atoms with Crippen LogP contribution in [0.2, 0.25) is 0 Å². The van der Waals surface area contributed by atoms with Gasteiger partial charge in [0.25, 0.3) is 5.91 Å². The third-order valence-corrected chi connectivity index (χ3v) is 2.75. The van der Waals surface area contributed by atoms with Crippen molar-refractivity contribution in [2.75, 3.05) is 5.32 Å². The Morgan fingerprint density at radius 1 is 1.10 bits per heavy atom. The highest BCUT2D eigenvalue weighted by atomic mass is 16.1. The number of hydrogen-bond donors (Lipinski definition) is 2. The van der Waals surface area contributed by atoms with Crippen LogP contribution < -0.4 is 5.32 Å². The third-order valence-electron chi connectivity index (χ3n) is 2.75. The molecule has 0 fully saturated rings. The molecule has 6 nitrogen and oxygen atoms in total. The second kappa shape index (κ2) is 5.31. The lowest BCUT2D eigenvalue weighted by atomic mass is 10.1. The number of hydrogen-bond acceptors (Lipinski definition) is 4. The molecule has 0 atom stereocenters. The summed E-state index contributed by atoms with van der Waals surface area (Å²) >= 11 is 0. The summed E-state index contributed by atoms with van der Waals surface area (Å²) in [5.74, 6) is 0.0350. The van der Waals surface area contributed by atoms with Crippen LogP contribution in [0.5, 0.6) is 0 Å². The molecule has 2 N–H and O–H groups in total. The van der Waals surface area contributed by atoms with Crippen molar-refractivity contribution >= 4 is 11.9 Å². The molecule has 0 unspecified atom stereocenters. The van der Waals surface area contributed by atoms with E-state index in [4.69, 9.17) is 0 Å². The second-order valence-corrected chi connectivity index (χ2v) is 4.09. The first kappa shape index (κ1) is 12.0. The molecule has 20 heavy (non-hydrogen) atoms. The summed E-state index contributed by atoms with van der Waals surface area (Å²) in [7, 11) is 0. The smallest absolute Gasteiger partial charge is 0.258 e. The van der Waals surface area contributed by atoms with Crippen LogP contribution in [0.15, 0.2) is 55.1 Å². The fourth-order valence-corrected chi connectivity index (χ4v) is 1.79. The van der Waals surface area contributed by atoms with Crippen molar-refractivity contribution in [1.82, 2.24) is 20.2 Å². The zero-order chi connectivity index (χ0) is 13.8. The highest BCUT2D eigenvalue weighted by Crippen LogP contribution is 2.19. The first-order chi connectivity index (χ1) is 9.83. The number of anilines is 1. The lowest BCUT2D eigenvalue weighted by molar-refractivity contribution is 0.102. The molecule has 0 aliphatic rings. The van der Waals surface area contributed by atoms with Crippen LogP contribution in [0.1, 0.15) is 10.4 Å². The van der Waals surface area contributed by atoms with Crippen molar-refractivity contribution in [3.05, 3.63) is 60.7 Å². The largest absolute Gasteiger partial charge is 0.290 e. The molecule has 3 rings (SSSR count). The first-order valence-electron chi connectivity index (χ1n) is 6.00. The Kier molecular flexibility index (Phi) is 3.20. The van der Waals surface area contributed by atoms with Gasteiger partial charge in [0.2, 0.25) is 5.95 Å². The van der Waals surface area contributed by atoms with Crippen LogP contribution in [-0.4, -0.2) is 26.1 Å². The fourth-order valence-electron chi connectivity index (χ4n) is 1.79. The Morgan fingerprint density at radius 2 is 1.95 bits per heavy atom. The van der Waals surface area contributed by atoms with Gasteiger partial charge >= 0.3 is 0 Å². The number of nitrogens with one attached hydrogen (secondary N) is 2. The molecule has 0 aliphatic carbocycles. The summed E-state index contributed by atoms with van der Waals surface area (Å²) in [6.45, 7) is 0. The zero-order valence-electron chi connectivity index (χ0n) is 10.4. The maximum atomic E-state index is 12.1. The quantitative estimate of drug-likeness (QED) is 0.759. The number of H-pyrrole nitrogens is 1. The van der Waals surface area contributed by atoms with Gasteiger partial charge in [-0.25, -0.2) is 9.97 Å². The zero-order valence-corrected chi connectivity index (χ0v) is 10.4. The highest BCUT2D eigenvalue weighted by molar-refractivity contribution is 6.04. The Morgan fingerprint density at radius 3 is 2.70 bits per heavy atom. The van der Waals surface area contributed by atoms with Gasteiger partial charge in [-0.2, -0.15) is 5.10 Å². The van der Waals surface area contributed by atoms with E-state index in [2.05, 4.69) is 25.5 Å². The third kappa shape index (κ3) is 2.54. The molecule has 0 aliphatic heterocycles. The Labute approximate surface area is 114 Å². The number of aromatic nitrogens is 4. The van der Waals surface area contributed by atoms with Crippen LogP contribution in [0.3, 0.4) is 0 Å². The van der Waals surface area contributed by atoms with Gasteiger partial charge in [0, 0.05) is 29.7 Å². The molecule has 0 spiro atoms. The molecular weight excluding hydrogens is 254 g/mol. The molecular formula is C14H11N5O. The van der Waals surface area contributed by atoms with Crippen LogP contribution in [-0.2, 0) is 0 Å². The average Bonchev–Trinajstić information content (AvgIpc) is 3.03. The summed E-state index contributed by atoms with van der Waals surface area (Å²) in [4.78, 5) is 20.0. The van der Waals surface area contributed by atoms with E-state index in [-0.39, 0.29) is 11.9 Å². The van der Waals surface area contributed by atoms with Gasteiger partial charge in [-0.05, 0) is 23.8 Å². The molecule has 1 amide bonds. The van der Waals surface area contributed by atoms with E-state index in [0.717, 1.165) is 11.1 Å². The number of amides is 1. The normalized spacial score (nSPS) is 10.2. The number of carbonyl (C=O) groups is 1. The van der Waals surface area contributed by atoms with Gasteiger partial charge in [0.1, 0.15) is 0 Å². The fraction of sp³-hybridized carbons (Fsp3) is 0. The number of aromatic amines is 1. The van der Waals surface area contributed by atoms with Crippen LogP contribution in [0.25, 0.3) is 11.1 Å². The number of nitrogens with zero attached hydrogens (tertiary/aromatic N) is 3. The minimum atomic E-state index is -0.249. The minimum absolute atomic E-state index is 0.249. The molecule has 98 valence electrons. The van der Waals surface area contributed by atoms with Crippen molar-refractivity contribution < 1.29 is 4.79 Å². The number of carbonyl (C=O) groups excluding carboxylic acids is 1. The van der Waals surface area contributed by atoms with Gasteiger partial charge < -0.3 is 0 Å². The van der Waals surface area contributed by atoms with Gasteiger partial charge in [-0.3, -0.25) is 15.2 Å². The van der Waals surface area contributed by atoms with E-state index in [1.807, 2.05) is 12.1 Å². The standard InChI is InChI=1S/C14H11N5O/c20-13(19-14-15-5-2-6-16-14)11-4-1-3-10(7-11)12-8-17-18-9-12/h1-9H,(H,17,18)(H,15,16,19,20). The maximum absolute atomic E-state index is 12.1. The molecule has 0 radical (unpaired) electrons. The highest BCUT2D eigenvalue weighted by Gasteiger charge is 2.09. The van der Waals surface area contributed by atoms with E-state index in [0.29, 0.717) is 5.56 Å². The summed E-state index contributed by atoms with van der Waals surface area (Å²) in [6.07, 6.45) is 6.63. The van der Waals surface area contributed by atoms with Crippen molar-refractivity contribution in [2.24, 2.45) is 0 Å². The van der Waals surface area contributed by atoms with Gasteiger partial charge in [-0.1, -0.05) is 12.1 Å². The van der Waals surface area contributed by atoms with Crippen LogP contribution in [0.4, 0.5) is 5.95 Å². The molecule has 0 saturated carbocycles. The van der Waals surface area contributed by atoms with E-state index in [1.165, 1.54) is 0 Å². The van der Waals surface area contributed by atoms with Crippen molar-refractivity contribution in [2.45, 2.75) is 0 Å². The number of rotatable bonds is 3. The molecule has 0 saturated heterocycles. The van der Waals surface area contributed by atoms with Crippen molar-refractivity contribution in [1.29, 1.82) is 0 Å². The van der Waals surface area contributed by atoms with Crippen LogP contribution >= 0.6 is 0 Å². The van der Waals surface area contributed by atoms with Crippen molar-refractivity contribution in [3.63, 3.8) is 0 Å². The minimum Gasteiger partial charge on any atom is -0.290 e. The van der Waals surface area contributed by atoms with Gasteiger partial charge in [0.05, 0.1) is 6.20 Å². The molecule has 2 aromatic heterocycles. The second-order valence-electron chi connectivity index (χ2n) is 4.09. The summed E-state index contributed by atoms with van der Waals surface area (Å²) in [5, 5.41) is 9.29. The summed E-state index contributed by atoms with van der Waals surface area (Å²) in [5.41, 5.74) is 2.38. The summed E-state index contributed by atoms with van der Waals surface area (Å²) in [6, 6.07) is 8.96. The monoisotopic (exact) mass is 265 g/mol. The topological polar surface area (TPSA) is 83.6 Å². The first-order valence-corrected chi connectivity index (χ1v) is 6.00. The molecule has 6 heteroatoms. The SMILES string of the molecule is O=C(Nc1ncccn1)c1cccc(-c2cn[nH]c2)c1. The molecule has 3 aromatic rings. The molecule has 1 aromatic carbocycles. The molecule has 0 bridgehead atoms. The van der Waals surface area contributed by atoms with E-state index in [9.17, 15) is 4.79 Å². The predicted molar refractivity (Wildman–Crippen MR) is 74.0 cm³/mol. The predicted octanol–water partition coefficient (Wildman–Crippen LogP) is 2.12. The van der Waals surface area contributed by atoms with E-state index >= 15 is 0 Å². The average molecular weight is 265 g/mol. The Bertz CT molecular complexity index is 709. The van der Waals surface area contributed by atoms with Gasteiger partial charge in [-0.15, -0.1) is 0 Å². The lowest BCUT2D eigenvalue weighted by Gasteiger charge is -2.04. The van der Waals surface area contributed by atoms with Gasteiger partial charge in [0.15, 0.2) is 0 Å². The van der Waals surface area contributed by atoms with Crippen molar-refractivity contribution in [3.8, 4) is 11.1 Å². The Balaban J connectivity index is 1.84. The lowest BCUT2D eigenvalue weighted by Crippen LogP contribution is -2.13. The van der Waals surface area contributed by atoms with E-state index in [1.54, 1.807) is 43.0 Å². The maximum Gasteiger partial charge on any atom is 0.258 e. The summed E-state index contributed by atoms with van der Waals surface area (Å²) < 4.78 is 0. The van der Waals surface area contributed by atoms with Crippen LogP contribution in [0, 0.1) is 0 Å². The Hall–Kier alpha value is -3.02. The van der Waals surface area contributed by atoms with E-state index < -0.39 is 0 Å².